The molecule has 23 heavy (non-hydrogen) atoms. The number of thiazole rings is 1. The molecule has 0 aliphatic carbocycles. The summed E-state index contributed by atoms with van der Waals surface area (Å²) in [6, 6.07) is 4.00. The summed E-state index contributed by atoms with van der Waals surface area (Å²) in [6.07, 6.45) is 3.05. The highest BCUT2D eigenvalue weighted by atomic mass is 32.1. The zero-order valence-electron chi connectivity index (χ0n) is 13.4. The SMILES string of the molecule is Cc1cc(C)c(NC(=O)c2cnc3sc(C)cn3c2=O)c(C)c1. The quantitative estimate of drug-likeness (QED) is 0.786. The Kier molecular flexibility index (Phi) is 3.77. The van der Waals surface area contributed by atoms with Crippen LogP contribution in [0.2, 0.25) is 0 Å². The van der Waals surface area contributed by atoms with Gasteiger partial charge in [0.05, 0.1) is 0 Å². The number of benzene rings is 1. The van der Waals surface area contributed by atoms with Crippen molar-refractivity contribution in [1.82, 2.24) is 9.38 Å². The third kappa shape index (κ3) is 2.77. The van der Waals surface area contributed by atoms with E-state index in [9.17, 15) is 9.59 Å². The molecule has 0 aliphatic rings. The van der Waals surface area contributed by atoms with Gasteiger partial charge in [-0.3, -0.25) is 14.0 Å². The molecule has 0 fully saturated rings. The molecule has 0 unspecified atom stereocenters. The van der Waals surface area contributed by atoms with Crippen LogP contribution in [-0.4, -0.2) is 15.3 Å². The molecule has 0 saturated carbocycles. The first-order chi connectivity index (χ1) is 10.9. The van der Waals surface area contributed by atoms with E-state index in [1.54, 1.807) is 6.20 Å². The zero-order valence-corrected chi connectivity index (χ0v) is 14.2. The van der Waals surface area contributed by atoms with Crippen LogP contribution in [0.5, 0.6) is 0 Å². The fourth-order valence-corrected chi connectivity index (χ4v) is 3.49. The molecule has 0 bridgehead atoms. The minimum Gasteiger partial charge on any atom is -0.321 e. The van der Waals surface area contributed by atoms with Crippen LogP contribution in [0.4, 0.5) is 5.69 Å². The Hall–Kier alpha value is -2.47. The number of hydrogen-bond acceptors (Lipinski definition) is 4. The van der Waals surface area contributed by atoms with E-state index in [4.69, 9.17) is 0 Å². The van der Waals surface area contributed by atoms with E-state index >= 15 is 0 Å². The Balaban J connectivity index is 2.02. The van der Waals surface area contributed by atoms with Crippen molar-refractivity contribution >= 4 is 27.9 Å². The van der Waals surface area contributed by atoms with Crippen LogP contribution in [-0.2, 0) is 0 Å². The van der Waals surface area contributed by atoms with Crippen molar-refractivity contribution in [3.05, 3.63) is 62.0 Å². The Bertz CT molecular complexity index is 962. The molecule has 118 valence electrons. The summed E-state index contributed by atoms with van der Waals surface area (Å²) < 4.78 is 1.42. The number of nitrogens with zero attached hydrogens (tertiary/aromatic N) is 2. The summed E-state index contributed by atoms with van der Waals surface area (Å²) in [5.74, 6) is -0.434. The molecular formula is C17H17N3O2S. The van der Waals surface area contributed by atoms with Gasteiger partial charge in [-0.2, -0.15) is 0 Å². The molecule has 1 amide bonds. The first-order valence-corrected chi connectivity index (χ1v) is 8.05. The number of aromatic nitrogens is 2. The summed E-state index contributed by atoms with van der Waals surface area (Å²) in [5.41, 5.74) is 3.51. The summed E-state index contributed by atoms with van der Waals surface area (Å²) in [5, 5.41) is 2.85. The minimum absolute atomic E-state index is 0.0414. The molecule has 3 rings (SSSR count). The smallest absolute Gasteiger partial charge is 0.271 e. The second-order valence-corrected chi connectivity index (χ2v) is 6.91. The van der Waals surface area contributed by atoms with Gasteiger partial charge in [0.25, 0.3) is 11.5 Å². The molecule has 3 aromatic rings. The van der Waals surface area contributed by atoms with Gasteiger partial charge in [-0.1, -0.05) is 17.7 Å². The number of hydrogen-bond donors (Lipinski definition) is 1. The topological polar surface area (TPSA) is 63.5 Å². The predicted molar refractivity (Wildman–Crippen MR) is 92.7 cm³/mol. The maximum atomic E-state index is 12.5. The number of carbonyl (C=O) groups excluding carboxylic acids is 1. The Morgan fingerprint density at radius 2 is 1.83 bits per heavy atom. The van der Waals surface area contributed by atoms with E-state index in [2.05, 4.69) is 10.3 Å². The van der Waals surface area contributed by atoms with Crippen molar-refractivity contribution in [3.63, 3.8) is 0 Å². The lowest BCUT2D eigenvalue weighted by Gasteiger charge is -2.12. The number of carbonyl (C=O) groups is 1. The van der Waals surface area contributed by atoms with E-state index in [1.165, 1.54) is 21.9 Å². The molecule has 0 aliphatic heterocycles. The largest absolute Gasteiger partial charge is 0.321 e. The van der Waals surface area contributed by atoms with Crippen LogP contribution in [0, 0.1) is 27.7 Å². The normalized spacial score (nSPS) is 11.0. The van der Waals surface area contributed by atoms with Crippen molar-refractivity contribution < 1.29 is 4.79 Å². The number of nitrogens with one attached hydrogen (secondary N) is 1. The number of amides is 1. The molecule has 6 heteroatoms. The van der Waals surface area contributed by atoms with Gasteiger partial charge < -0.3 is 5.32 Å². The first-order valence-electron chi connectivity index (χ1n) is 7.24. The molecule has 0 atom stereocenters. The van der Waals surface area contributed by atoms with Crippen LogP contribution < -0.4 is 10.9 Å². The van der Waals surface area contributed by atoms with E-state index in [0.29, 0.717) is 4.96 Å². The Labute approximate surface area is 137 Å². The zero-order chi connectivity index (χ0) is 16.7. The van der Waals surface area contributed by atoms with E-state index < -0.39 is 5.91 Å². The third-order valence-electron chi connectivity index (χ3n) is 3.68. The number of anilines is 1. The highest BCUT2D eigenvalue weighted by Crippen LogP contribution is 2.22. The molecule has 0 saturated heterocycles. The lowest BCUT2D eigenvalue weighted by atomic mass is 10.0. The van der Waals surface area contributed by atoms with Crippen molar-refractivity contribution in [2.75, 3.05) is 5.32 Å². The molecule has 0 spiro atoms. The first kappa shape index (κ1) is 15.4. The van der Waals surface area contributed by atoms with Crippen LogP contribution >= 0.6 is 11.3 Å². The van der Waals surface area contributed by atoms with Gasteiger partial charge in [-0.15, -0.1) is 11.3 Å². The Morgan fingerprint density at radius 3 is 2.48 bits per heavy atom. The van der Waals surface area contributed by atoms with Crippen LogP contribution in [0.25, 0.3) is 4.96 Å². The standard InChI is InChI=1S/C17H17N3O2S/c1-9-5-10(2)14(11(3)6-9)19-15(21)13-7-18-17-20(16(13)22)8-12(4)23-17/h5-8H,1-4H3,(H,19,21). The van der Waals surface area contributed by atoms with Crippen molar-refractivity contribution in [1.29, 1.82) is 0 Å². The van der Waals surface area contributed by atoms with Gasteiger partial charge in [0.2, 0.25) is 0 Å². The van der Waals surface area contributed by atoms with Crippen molar-refractivity contribution in [3.8, 4) is 0 Å². The molecule has 0 radical (unpaired) electrons. The summed E-state index contributed by atoms with van der Waals surface area (Å²) in [6.45, 7) is 7.78. The van der Waals surface area contributed by atoms with Crippen molar-refractivity contribution in [2.24, 2.45) is 0 Å². The van der Waals surface area contributed by atoms with Crippen LogP contribution in [0.3, 0.4) is 0 Å². The highest BCUT2D eigenvalue weighted by molar-refractivity contribution is 7.16. The molecule has 1 aromatic carbocycles. The van der Waals surface area contributed by atoms with Crippen LogP contribution in [0.15, 0.2) is 29.3 Å². The van der Waals surface area contributed by atoms with Crippen LogP contribution in [0.1, 0.15) is 31.9 Å². The Morgan fingerprint density at radius 1 is 1.17 bits per heavy atom. The average molecular weight is 327 g/mol. The van der Waals surface area contributed by atoms with Gasteiger partial charge in [0.1, 0.15) is 5.56 Å². The van der Waals surface area contributed by atoms with Crippen molar-refractivity contribution in [2.45, 2.75) is 27.7 Å². The summed E-state index contributed by atoms with van der Waals surface area (Å²) in [4.78, 5) is 30.7. The molecule has 2 heterocycles. The number of aryl methyl sites for hydroxylation is 4. The second-order valence-electron chi connectivity index (χ2n) is 5.70. The minimum atomic E-state index is -0.434. The second kappa shape index (κ2) is 5.62. The lowest BCUT2D eigenvalue weighted by Crippen LogP contribution is -2.26. The fourth-order valence-electron chi connectivity index (χ4n) is 2.71. The number of fused-ring (bicyclic) bond motifs is 1. The average Bonchev–Trinajstić information content (AvgIpc) is 2.84. The van der Waals surface area contributed by atoms with Gasteiger partial charge in [-0.05, 0) is 38.8 Å². The van der Waals surface area contributed by atoms with Gasteiger partial charge >= 0.3 is 0 Å². The third-order valence-corrected chi connectivity index (χ3v) is 4.59. The number of rotatable bonds is 2. The molecule has 1 N–H and O–H groups in total. The lowest BCUT2D eigenvalue weighted by molar-refractivity contribution is 0.102. The van der Waals surface area contributed by atoms with Gasteiger partial charge in [0.15, 0.2) is 4.96 Å². The molecular weight excluding hydrogens is 310 g/mol. The maximum absolute atomic E-state index is 12.5. The summed E-state index contributed by atoms with van der Waals surface area (Å²) in [7, 11) is 0. The monoisotopic (exact) mass is 327 g/mol. The van der Waals surface area contributed by atoms with Gasteiger partial charge in [0, 0.05) is 23.0 Å². The predicted octanol–water partition coefficient (Wildman–Crippen LogP) is 3.24. The highest BCUT2D eigenvalue weighted by Gasteiger charge is 2.16. The fraction of sp³-hybridized carbons (Fsp3) is 0.235. The molecule has 5 nitrogen and oxygen atoms in total. The molecule has 2 aromatic heterocycles. The van der Waals surface area contributed by atoms with E-state index in [-0.39, 0.29) is 11.1 Å². The van der Waals surface area contributed by atoms with Gasteiger partial charge in [-0.25, -0.2) is 4.98 Å². The maximum Gasteiger partial charge on any atom is 0.271 e. The summed E-state index contributed by atoms with van der Waals surface area (Å²) >= 11 is 1.42. The van der Waals surface area contributed by atoms with E-state index in [0.717, 1.165) is 27.3 Å². The van der Waals surface area contributed by atoms with E-state index in [1.807, 2.05) is 39.8 Å².